The molecule has 0 aliphatic carbocycles. The Labute approximate surface area is 223 Å². The maximum Gasteiger partial charge on any atom is 0.246 e. The van der Waals surface area contributed by atoms with Crippen molar-refractivity contribution in [2.45, 2.75) is 69.9 Å². The Kier molecular flexibility index (Phi) is 6.82. The van der Waals surface area contributed by atoms with E-state index in [1.165, 1.54) is 4.90 Å². The summed E-state index contributed by atoms with van der Waals surface area (Å²) in [5.41, 5.74) is -0.483. The molecular weight excluding hydrogens is 482 g/mol. The van der Waals surface area contributed by atoms with Crippen LogP contribution < -0.4 is 10.6 Å². The van der Waals surface area contributed by atoms with Crippen LogP contribution >= 0.6 is 0 Å². The molecule has 3 saturated heterocycles. The molecule has 2 bridgehead atoms. The zero-order valence-electron chi connectivity index (χ0n) is 22.4. The van der Waals surface area contributed by atoms with E-state index in [1.54, 1.807) is 12.1 Å². The van der Waals surface area contributed by atoms with Gasteiger partial charge in [0.25, 0.3) is 0 Å². The van der Waals surface area contributed by atoms with E-state index in [0.29, 0.717) is 18.5 Å². The summed E-state index contributed by atoms with van der Waals surface area (Å²) in [7, 11) is 0. The summed E-state index contributed by atoms with van der Waals surface area (Å²) in [5.74, 6) is -2.60. The molecule has 2 aromatic rings. The number of likely N-dealkylation sites (tertiary alicyclic amines) is 1. The smallest absolute Gasteiger partial charge is 0.246 e. The summed E-state index contributed by atoms with van der Waals surface area (Å²) in [6.45, 7) is 7.33. The summed E-state index contributed by atoms with van der Waals surface area (Å²) in [5, 5.41) is 16.5. The van der Waals surface area contributed by atoms with Gasteiger partial charge in [-0.05, 0) is 57.2 Å². The van der Waals surface area contributed by atoms with Crippen LogP contribution in [-0.4, -0.2) is 63.7 Å². The molecule has 38 heavy (non-hydrogen) atoms. The van der Waals surface area contributed by atoms with Gasteiger partial charge in [0.1, 0.15) is 11.6 Å². The van der Waals surface area contributed by atoms with Crippen LogP contribution in [0.15, 0.2) is 60.7 Å². The Morgan fingerprint density at radius 3 is 2.32 bits per heavy atom. The van der Waals surface area contributed by atoms with Gasteiger partial charge < -0.3 is 25.4 Å². The van der Waals surface area contributed by atoms with Gasteiger partial charge in [-0.15, -0.1) is 0 Å². The van der Waals surface area contributed by atoms with Crippen molar-refractivity contribution in [3.8, 4) is 0 Å². The lowest BCUT2D eigenvalue weighted by molar-refractivity contribution is -0.150. The SMILES string of the molecule is CC(C)NC(=O)C1N([C@@H](CO)Cc2ccccc2)C(=O)[C@@H]2[C@@H](C(=O)Nc3ccccc3)[C@]3(C)OC12CC3C. The van der Waals surface area contributed by atoms with E-state index in [0.717, 1.165) is 5.56 Å². The zero-order chi connectivity index (χ0) is 27.2. The molecule has 1 spiro atoms. The lowest BCUT2D eigenvalue weighted by atomic mass is 9.62. The monoisotopic (exact) mass is 519 g/mol. The van der Waals surface area contributed by atoms with Crippen LogP contribution in [0, 0.1) is 17.8 Å². The number of benzene rings is 2. The number of amides is 3. The first-order chi connectivity index (χ1) is 18.1. The lowest BCUT2D eigenvalue weighted by Crippen LogP contribution is -2.59. The Morgan fingerprint density at radius 2 is 1.71 bits per heavy atom. The van der Waals surface area contributed by atoms with Crippen molar-refractivity contribution in [3.05, 3.63) is 66.2 Å². The fourth-order valence-electron chi connectivity index (χ4n) is 7.01. The van der Waals surface area contributed by atoms with Gasteiger partial charge in [-0.1, -0.05) is 55.5 Å². The molecule has 8 heteroatoms. The van der Waals surface area contributed by atoms with Gasteiger partial charge in [-0.2, -0.15) is 0 Å². The minimum absolute atomic E-state index is 0.0610. The van der Waals surface area contributed by atoms with Gasteiger partial charge >= 0.3 is 0 Å². The van der Waals surface area contributed by atoms with Gasteiger partial charge in [-0.3, -0.25) is 14.4 Å². The quantitative estimate of drug-likeness (QED) is 0.497. The number of hydrogen-bond acceptors (Lipinski definition) is 5. The number of nitrogens with zero attached hydrogens (tertiary/aromatic N) is 1. The van der Waals surface area contributed by atoms with Crippen LogP contribution in [0.4, 0.5) is 5.69 Å². The molecule has 3 fully saturated rings. The first-order valence-electron chi connectivity index (χ1n) is 13.5. The topological polar surface area (TPSA) is 108 Å². The highest BCUT2D eigenvalue weighted by atomic mass is 16.5. The fourth-order valence-corrected chi connectivity index (χ4v) is 7.01. The van der Waals surface area contributed by atoms with Crippen molar-refractivity contribution in [1.82, 2.24) is 10.2 Å². The summed E-state index contributed by atoms with van der Waals surface area (Å²) < 4.78 is 6.75. The standard InChI is InChI=1S/C30H37N3O5/c1-18(2)31-27(36)25-30-16-19(3)29(4,38-30)23(26(35)32-21-13-9-6-10-14-21)24(30)28(37)33(25)22(17-34)15-20-11-7-5-8-12-20/h5-14,18-19,22-25,34H,15-17H2,1-4H3,(H,31,36)(H,32,35)/t19?,22-,23+,24+,25?,29-,30?/m1/s1. The van der Waals surface area contributed by atoms with Crippen LogP contribution in [0.2, 0.25) is 0 Å². The van der Waals surface area contributed by atoms with Gasteiger partial charge in [0.15, 0.2) is 0 Å². The average Bonchev–Trinajstić information content (AvgIpc) is 3.40. The summed E-state index contributed by atoms with van der Waals surface area (Å²) in [6.07, 6.45) is 0.857. The third kappa shape index (κ3) is 4.10. The number of anilines is 1. The molecule has 3 unspecified atom stereocenters. The van der Waals surface area contributed by atoms with Gasteiger partial charge in [0, 0.05) is 11.7 Å². The fraction of sp³-hybridized carbons (Fsp3) is 0.500. The van der Waals surface area contributed by atoms with E-state index < -0.39 is 35.1 Å². The van der Waals surface area contributed by atoms with Crippen LogP contribution in [-0.2, 0) is 25.5 Å². The second-order valence-electron chi connectivity index (χ2n) is 11.5. The molecule has 0 radical (unpaired) electrons. The van der Waals surface area contributed by atoms with Crippen molar-refractivity contribution in [2.24, 2.45) is 17.8 Å². The number of ether oxygens (including phenoxy) is 1. The number of nitrogens with one attached hydrogen (secondary N) is 2. The Bertz CT molecular complexity index is 1200. The van der Waals surface area contributed by atoms with Crippen molar-refractivity contribution < 1.29 is 24.2 Å². The van der Waals surface area contributed by atoms with E-state index in [4.69, 9.17) is 4.74 Å². The first-order valence-corrected chi connectivity index (χ1v) is 13.5. The molecule has 3 aliphatic heterocycles. The average molecular weight is 520 g/mol. The maximum atomic E-state index is 14.4. The third-order valence-corrected chi connectivity index (χ3v) is 8.67. The van der Waals surface area contributed by atoms with E-state index in [-0.39, 0.29) is 36.3 Å². The molecule has 3 aliphatic rings. The first kappa shape index (κ1) is 26.4. The van der Waals surface area contributed by atoms with Crippen molar-refractivity contribution >= 4 is 23.4 Å². The number of hydrogen-bond donors (Lipinski definition) is 3. The zero-order valence-corrected chi connectivity index (χ0v) is 22.4. The Hall–Kier alpha value is -3.23. The Balaban J connectivity index is 1.57. The predicted molar refractivity (Wildman–Crippen MR) is 143 cm³/mol. The second-order valence-corrected chi connectivity index (χ2v) is 11.5. The number of rotatable bonds is 8. The van der Waals surface area contributed by atoms with Crippen LogP contribution in [0.5, 0.6) is 0 Å². The van der Waals surface area contributed by atoms with Gasteiger partial charge in [0.2, 0.25) is 17.7 Å². The molecule has 3 heterocycles. The molecular formula is C30H37N3O5. The highest BCUT2D eigenvalue weighted by Gasteiger charge is 2.80. The van der Waals surface area contributed by atoms with E-state index in [1.807, 2.05) is 76.2 Å². The minimum atomic E-state index is -1.16. The molecule has 0 saturated carbocycles. The van der Waals surface area contributed by atoms with Crippen LogP contribution in [0.25, 0.3) is 0 Å². The number of fused-ring (bicyclic) bond motifs is 1. The largest absolute Gasteiger partial charge is 0.394 e. The summed E-state index contributed by atoms with van der Waals surface area (Å²) >= 11 is 0. The number of para-hydroxylation sites is 1. The van der Waals surface area contributed by atoms with Gasteiger partial charge in [-0.25, -0.2) is 0 Å². The van der Waals surface area contributed by atoms with E-state index in [9.17, 15) is 19.5 Å². The molecule has 3 N–H and O–H groups in total. The number of carbonyl (C=O) groups is 3. The molecule has 8 nitrogen and oxygen atoms in total. The van der Waals surface area contributed by atoms with Crippen molar-refractivity contribution in [3.63, 3.8) is 0 Å². The number of carbonyl (C=O) groups excluding carboxylic acids is 3. The molecule has 0 aromatic heterocycles. The summed E-state index contributed by atoms with van der Waals surface area (Å²) in [4.78, 5) is 43.5. The third-order valence-electron chi connectivity index (χ3n) is 8.67. The van der Waals surface area contributed by atoms with Crippen molar-refractivity contribution in [2.75, 3.05) is 11.9 Å². The molecule has 2 aromatic carbocycles. The lowest BCUT2D eigenvalue weighted by Gasteiger charge is -2.37. The highest BCUT2D eigenvalue weighted by molar-refractivity contribution is 6.02. The number of aliphatic hydroxyl groups is 1. The highest BCUT2D eigenvalue weighted by Crippen LogP contribution is 2.65. The van der Waals surface area contributed by atoms with Crippen molar-refractivity contribution in [1.29, 1.82) is 0 Å². The molecule has 7 atom stereocenters. The van der Waals surface area contributed by atoms with Gasteiger partial charge in [0.05, 0.1) is 30.1 Å². The van der Waals surface area contributed by atoms with Crippen LogP contribution in [0.1, 0.15) is 39.7 Å². The predicted octanol–water partition coefficient (Wildman–Crippen LogP) is 2.76. The second kappa shape index (κ2) is 9.82. The minimum Gasteiger partial charge on any atom is -0.394 e. The maximum absolute atomic E-state index is 14.4. The van der Waals surface area contributed by atoms with Crippen LogP contribution in [0.3, 0.4) is 0 Å². The summed E-state index contributed by atoms with van der Waals surface area (Å²) in [6, 6.07) is 17.0. The normalized spacial score (nSPS) is 32.4. The number of aliphatic hydroxyl groups excluding tert-OH is 1. The molecule has 5 rings (SSSR count). The van der Waals surface area contributed by atoms with E-state index in [2.05, 4.69) is 10.6 Å². The van der Waals surface area contributed by atoms with E-state index >= 15 is 0 Å². The molecule has 202 valence electrons. The Morgan fingerprint density at radius 1 is 1.08 bits per heavy atom. The molecule has 3 amide bonds.